The van der Waals surface area contributed by atoms with E-state index in [-0.39, 0.29) is 17.7 Å². The zero-order valence-corrected chi connectivity index (χ0v) is 11.3. The molecule has 1 aromatic rings. The lowest BCUT2D eigenvalue weighted by molar-refractivity contribution is -0.384. The van der Waals surface area contributed by atoms with Gasteiger partial charge in [0.25, 0.3) is 0 Å². The second-order valence-corrected chi connectivity index (χ2v) is 5.45. The number of nitro groups is 1. The summed E-state index contributed by atoms with van der Waals surface area (Å²) < 4.78 is 0.580. The summed E-state index contributed by atoms with van der Waals surface area (Å²) in [6, 6.07) is 0. The zero-order valence-electron chi connectivity index (χ0n) is 9.73. The zero-order chi connectivity index (χ0) is 13.2. The van der Waals surface area contributed by atoms with Gasteiger partial charge in [0.15, 0.2) is 0 Å². The van der Waals surface area contributed by atoms with E-state index in [9.17, 15) is 10.1 Å². The maximum absolute atomic E-state index is 10.9. The largest absolute Gasteiger partial charge is 0.396 e. The molecule has 1 aliphatic rings. The molecule has 1 saturated carbocycles. The third kappa shape index (κ3) is 2.78. The molecule has 0 unspecified atom stereocenters. The fourth-order valence-electron chi connectivity index (χ4n) is 1.94. The Bertz CT molecular complexity index is 463. The molecule has 2 rings (SSSR count). The lowest BCUT2D eigenvalue weighted by Crippen LogP contribution is -2.17. The van der Waals surface area contributed by atoms with Crippen molar-refractivity contribution in [1.29, 1.82) is 0 Å². The molecule has 6 nitrogen and oxygen atoms in total. The van der Waals surface area contributed by atoms with E-state index in [4.69, 9.17) is 5.11 Å². The fourth-order valence-corrected chi connectivity index (χ4v) is 2.40. The molecule has 0 saturated heterocycles. The second kappa shape index (κ2) is 5.19. The minimum absolute atomic E-state index is 0.0378. The van der Waals surface area contributed by atoms with E-state index in [1.165, 1.54) is 12.4 Å². The van der Waals surface area contributed by atoms with Gasteiger partial charge in [-0.15, -0.1) is 0 Å². The average Bonchev–Trinajstić information content (AvgIpc) is 3.08. The standard InChI is InChI=1S/C11H14BrN3O3/c12-8-5-13-6-9(15(17)18)10(8)14-7-11(1-2-11)3-4-16/h5-6,16H,1-4,7H2,(H,13,14). The summed E-state index contributed by atoms with van der Waals surface area (Å²) >= 11 is 3.26. The summed E-state index contributed by atoms with van der Waals surface area (Å²) in [7, 11) is 0. The van der Waals surface area contributed by atoms with Crippen molar-refractivity contribution in [2.24, 2.45) is 5.41 Å². The lowest BCUT2D eigenvalue weighted by atomic mass is 10.0. The molecule has 1 aliphatic carbocycles. The van der Waals surface area contributed by atoms with Crippen LogP contribution in [-0.4, -0.2) is 28.2 Å². The number of pyridine rings is 1. The summed E-state index contributed by atoms with van der Waals surface area (Å²) in [5.74, 6) is 0. The van der Waals surface area contributed by atoms with E-state index in [2.05, 4.69) is 26.2 Å². The highest BCUT2D eigenvalue weighted by Crippen LogP contribution is 2.49. The minimum atomic E-state index is -0.453. The number of halogens is 1. The summed E-state index contributed by atoms with van der Waals surface area (Å²) in [4.78, 5) is 14.2. The number of nitrogens with zero attached hydrogens (tertiary/aromatic N) is 2. The van der Waals surface area contributed by atoms with Crippen LogP contribution in [0, 0.1) is 15.5 Å². The molecule has 0 aliphatic heterocycles. The van der Waals surface area contributed by atoms with Crippen LogP contribution in [0.2, 0.25) is 0 Å². The van der Waals surface area contributed by atoms with Gasteiger partial charge in [0.2, 0.25) is 0 Å². The molecule has 0 atom stereocenters. The van der Waals surface area contributed by atoms with Gasteiger partial charge in [0, 0.05) is 19.3 Å². The molecular formula is C11H14BrN3O3. The number of nitrogens with one attached hydrogen (secondary N) is 1. The summed E-state index contributed by atoms with van der Waals surface area (Å²) in [5.41, 5.74) is 0.522. The highest BCUT2D eigenvalue weighted by atomic mass is 79.9. The maximum Gasteiger partial charge on any atom is 0.311 e. The van der Waals surface area contributed by atoms with Gasteiger partial charge < -0.3 is 10.4 Å². The molecule has 2 N–H and O–H groups in total. The molecule has 7 heteroatoms. The van der Waals surface area contributed by atoms with Crippen LogP contribution in [0.25, 0.3) is 0 Å². The Morgan fingerprint density at radius 1 is 1.56 bits per heavy atom. The van der Waals surface area contributed by atoms with Gasteiger partial charge in [0.1, 0.15) is 11.9 Å². The van der Waals surface area contributed by atoms with E-state index >= 15 is 0 Å². The van der Waals surface area contributed by atoms with E-state index in [0.717, 1.165) is 19.3 Å². The third-order valence-electron chi connectivity index (χ3n) is 3.32. The van der Waals surface area contributed by atoms with Crippen molar-refractivity contribution in [2.45, 2.75) is 19.3 Å². The number of aliphatic hydroxyl groups is 1. The van der Waals surface area contributed by atoms with E-state index in [1.54, 1.807) is 0 Å². The van der Waals surface area contributed by atoms with Gasteiger partial charge >= 0.3 is 5.69 Å². The van der Waals surface area contributed by atoms with Gasteiger partial charge in [-0.25, -0.2) is 0 Å². The fraction of sp³-hybridized carbons (Fsp3) is 0.545. The van der Waals surface area contributed by atoms with Crippen molar-refractivity contribution >= 4 is 27.3 Å². The lowest BCUT2D eigenvalue weighted by Gasteiger charge is -2.16. The Labute approximate surface area is 113 Å². The van der Waals surface area contributed by atoms with Crippen molar-refractivity contribution in [3.05, 3.63) is 27.0 Å². The Kier molecular flexibility index (Phi) is 3.82. The van der Waals surface area contributed by atoms with E-state index in [0.29, 0.717) is 16.7 Å². The molecule has 0 bridgehead atoms. The molecule has 0 aromatic carbocycles. The average molecular weight is 316 g/mol. The molecule has 18 heavy (non-hydrogen) atoms. The minimum Gasteiger partial charge on any atom is -0.396 e. The number of aromatic nitrogens is 1. The van der Waals surface area contributed by atoms with Crippen molar-refractivity contribution in [2.75, 3.05) is 18.5 Å². The number of aliphatic hydroxyl groups excluding tert-OH is 1. The first-order valence-corrected chi connectivity index (χ1v) is 6.50. The van der Waals surface area contributed by atoms with Crippen molar-refractivity contribution < 1.29 is 10.0 Å². The Hall–Kier alpha value is -1.21. The van der Waals surface area contributed by atoms with Crippen LogP contribution in [0.1, 0.15) is 19.3 Å². The summed E-state index contributed by atoms with van der Waals surface area (Å²) in [6.45, 7) is 0.790. The van der Waals surface area contributed by atoms with Crippen LogP contribution in [0.3, 0.4) is 0 Å². The summed E-state index contributed by atoms with van der Waals surface area (Å²) in [5, 5.41) is 23.0. The molecule has 0 amide bonds. The van der Waals surface area contributed by atoms with Crippen LogP contribution >= 0.6 is 15.9 Å². The van der Waals surface area contributed by atoms with Crippen LogP contribution in [0.15, 0.2) is 16.9 Å². The smallest absolute Gasteiger partial charge is 0.311 e. The number of anilines is 1. The predicted octanol–water partition coefficient (Wildman–Crippen LogP) is 2.33. The highest BCUT2D eigenvalue weighted by Gasteiger charge is 2.42. The van der Waals surface area contributed by atoms with Crippen LogP contribution in [0.5, 0.6) is 0 Å². The van der Waals surface area contributed by atoms with Crippen molar-refractivity contribution in [3.63, 3.8) is 0 Å². The van der Waals surface area contributed by atoms with Gasteiger partial charge in [-0.2, -0.15) is 0 Å². The molecule has 1 fully saturated rings. The number of hydrogen-bond donors (Lipinski definition) is 2. The Balaban J connectivity index is 2.11. The maximum atomic E-state index is 10.9. The normalized spacial score (nSPS) is 16.3. The molecule has 1 aromatic heterocycles. The number of hydrogen-bond acceptors (Lipinski definition) is 5. The van der Waals surface area contributed by atoms with E-state index in [1.807, 2.05) is 0 Å². The van der Waals surface area contributed by atoms with E-state index < -0.39 is 4.92 Å². The number of rotatable bonds is 6. The van der Waals surface area contributed by atoms with Gasteiger partial charge in [-0.05, 0) is 40.6 Å². The first kappa shape index (κ1) is 13.2. The Morgan fingerprint density at radius 2 is 2.28 bits per heavy atom. The highest BCUT2D eigenvalue weighted by molar-refractivity contribution is 9.10. The molecule has 98 valence electrons. The first-order valence-electron chi connectivity index (χ1n) is 5.71. The Morgan fingerprint density at radius 3 is 2.83 bits per heavy atom. The quantitative estimate of drug-likeness (QED) is 0.621. The molecule has 1 heterocycles. The predicted molar refractivity (Wildman–Crippen MR) is 70.5 cm³/mol. The van der Waals surface area contributed by atoms with Gasteiger partial charge in [-0.1, -0.05) is 0 Å². The van der Waals surface area contributed by atoms with Crippen LogP contribution in [-0.2, 0) is 0 Å². The summed E-state index contributed by atoms with van der Waals surface area (Å²) in [6.07, 6.45) is 5.60. The molecule has 0 spiro atoms. The SMILES string of the molecule is O=[N+]([O-])c1cncc(Br)c1NCC1(CCO)CC1. The molecule has 0 radical (unpaired) electrons. The van der Waals surface area contributed by atoms with Crippen molar-refractivity contribution in [3.8, 4) is 0 Å². The molecular weight excluding hydrogens is 302 g/mol. The van der Waals surface area contributed by atoms with Crippen LogP contribution in [0.4, 0.5) is 11.4 Å². The van der Waals surface area contributed by atoms with Gasteiger partial charge in [-0.3, -0.25) is 15.1 Å². The van der Waals surface area contributed by atoms with Gasteiger partial charge in [0.05, 0.1) is 9.40 Å². The van der Waals surface area contributed by atoms with Crippen LogP contribution < -0.4 is 5.32 Å². The first-order chi connectivity index (χ1) is 8.58. The second-order valence-electron chi connectivity index (χ2n) is 4.60. The topological polar surface area (TPSA) is 88.3 Å². The monoisotopic (exact) mass is 315 g/mol. The third-order valence-corrected chi connectivity index (χ3v) is 3.92. The van der Waals surface area contributed by atoms with Crippen molar-refractivity contribution in [1.82, 2.24) is 4.98 Å².